The second-order valence-electron chi connectivity index (χ2n) is 10.2. The standard InChI is InChI=1S/C36H22N2O/c1-2-10-23(11-3-1)37-31-15-7-4-12-25(31)29-21-30-26-13-5-8-16-32(26)38(34(30)22-33(29)37)24-18-19-28-27-14-6-9-17-35(27)39-36(28)20-24/h1-22H. The van der Waals surface area contributed by atoms with Gasteiger partial charge in [0.25, 0.3) is 0 Å². The number of hydrogen-bond donors (Lipinski definition) is 0. The fraction of sp³-hybridized carbons (Fsp3) is 0. The third kappa shape index (κ3) is 2.82. The lowest BCUT2D eigenvalue weighted by Crippen LogP contribution is -1.95. The second kappa shape index (κ2) is 7.62. The molecule has 0 aliphatic heterocycles. The van der Waals surface area contributed by atoms with Crippen molar-refractivity contribution in [2.45, 2.75) is 0 Å². The first-order chi connectivity index (χ1) is 19.3. The van der Waals surface area contributed by atoms with Crippen molar-refractivity contribution >= 4 is 65.6 Å². The molecule has 3 heteroatoms. The highest BCUT2D eigenvalue weighted by Crippen LogP contribution is 2.40. The normalized spacial score (nSPS) is 12.1. The predicted molar refractivity (Wildman–Crippen MR) is 162 cm³/mol. The van der Waals surface area contributed by atoms with Gasteiger partial charge in [-0.25, -0.2) is 0 Å². The van der Waals surface area contributed by atoms with Crippen LogP contribution in [0.3, 0.4) is 0 Å². The summed E-state index contributed by atoms with van der Waals surface area (Å²) in [5.41, 5.74) is 8.85. The lowest BCUT2D eigenvalue weighted by atomic mass is 10.1. The molecular weight excluding hydrogens is 476 g/mol. The zero-order valence-corrected chi connectivity index (χ0v) is 21.0. The van der Waals surface area contributed by atoms with E-state index in [1.807, 2.05) is 12.1 Å². The molecule has 3 heterocycles. The van der Waals surface area contributed by atoms with Crippen LogP contribution in [0.25, 0.3) is 76.9 Å². The number of benzene rings is 6. The molecule has 39 heavy (non-hydrogen) atoms. The summed E-state index contributed by atoms with van der Waals surface area (Å²) in [6.07, 6.45) is 0. The summed E-state index contributed by atoms with van der Waals surface area (Å²) in [7, 11) is 0. The van der Waals surface area contributed by atoms with Crippen LogP contribution in [0.15, 0.2) is 138 Å². The molecule has 9 rings (SSSR count). The van der Waals surface area contributed by atoms with E-state index in [-0.39, 0.29) is 0 Å². The highest BCUT2D eigenvalue weighted by atomic mass is 16.3. The maximum absolute atomic E-state index is 6.28. The van der Waals surface area contributed by atoms with Gasteiger partial charge in [-0.2, -0.15) is 0 Å². The van der Waals surface area contributed by atoms with E-state index in [1.165, 1.54) is 43.6 Å². The van der Waals surface area contributed by atoms with Crippen molar-refractivity contribution < 1.29 is 4.42 Å². The molecule has 182 valence electrons. The van der Waals surface area contributed by atoms with Gasteiger partial charge in [0, 0.05) is 49.8 Å². The van der Waals surface area contributed by atoms with Crippen LogP contribution in [0.4, 0.5) is 0 Å². The minimum Gasteiger partial charge on any atom is -0.456 e. The minimum atomic E-state index is 0.902. The minimum absolute atomic E-state index is 0.902. The summed E-state index contributed by atoms with van der Waals surface area (Å²) >= 11 is 0. The number of furan rings is 1. The molecular formula is C36H22N2O. The van der Waals surface area contributed by atoms with Gasteiger partial charge in [0.2, 0.25) is 0 Å². The summed E-state index contributed by atoms with van der Waals surface area (Å²) in [4.78, 5) is 0. The lowest BCUT2D eigenvalue weighted by molar-refractivity contribution is 0.668. The van der Waals surface area contributed by atoms with E-state index in [2.05, 4.69) is 130 Å². The summed E-state index contributed by atoms with van der Waals surface area (Å²) in [6, 6.07) is 47.6. The van der Waals surface area contributed by atoms with Crippen molar-refractivity contribution in [3.05, 3.63) is 133 Å². The van der Waals surface area contributed by atoms with Crippen LogP contribution < -0.4 is 0 Å². The summed E-state index contributed by atoms with van der Waals surface area (Å²) in [5.74, 6) is 0. The number of hydrogen-bond acceptors (Lipinski definition) is 1. The third-order valence-electron chi connectivity index (χ3n) is 8.10. The predicted octanol–water partition coefficient (Wildman–Crippen LogP) is 9.78. The van der Waals surface area contributed by atoms with E-state index in [0.717, 1.165) is 33.3 Å². The Labute approximate surface area is 223 Å². The highest BCUT2D eigenvalue weighted by molar-refractivity contribution is 6.19. The van der Waals surface area contributed by atoms with Gasteiger partial charge < -0.3 is 13.6 Å². The number of nitrogens with zero attached hydrogens (tertiary/aromatic N) is 2. The van der Waals surface area contributed by atoms with Crippen molar-refractivity contribution in [1.82, 2.24) is 9.13 Å². The topological polar surface area (TPSA) is 23.0 Å². The van der Waals surface area contributed by atoms with Gasteiger partial charge in [0.1, 0.15) is 11.2 Å². The molecule has 0 unspecified atom stereocenters. The van der Waals surface area contributed by atoms with Crippen molar-refractivity contribution in [2.24, 2.45) is 0 Å². The third-order valence-corrected chi connectivity index (χ3v) is 8.10. The molecule has 6 aromatic carbocycles. The Morgan fingerprint density at radius 2 is 0.897 bits per heavy atom. The van der Waals surface area contributed by atoms with Crippen LogP contribution in [-0.4, -0.2) is 9.13 Å². The fourth-order valence-electron chi connectivity index (χ4n) is 6.42. The highest BCUT2D eigenvalue weighted by Gasteiger charge is 2.18. The molecule has 0 spiro atoms. The van der Waals surface area contributed by atoms with Gasteiger partial charge in [0.05, 0.1) is 22.1 Å². The monoisotopic (exact) mass is 498 g/mol. The average molecular weight is 499 g/mol. The van der Waals surface area contributed by atoms with Gasteiger partial charge in [0.15, 0.2) is 0 Å². The van der Waals surface area contributed by atoms with Gasteiger partial charge in [-0.3, -0.25) is 0 Å². The van der Waals surface area contributed by atoms with Crippen molar-refractivity contribution in [1.29, 1.82) is 0 Å². The maximum Gasteiger partial charge on any atom is 0.137 e. The smallest absolute Gasteiger partial charge is 0.137 e. The molecule has 0 aliphatic rings. The van der Waals surface area contributed by atoms with E-state index in [9.17, 15) is 0 Å². The quantitative estimate of drug-likeness (QED) is 0.233. The summed E-state index contributed by atoms with van der Waals surface area (Å²) < 4.78 is 11.0. The Kier molecular flexibility index (Phi) is 4.05. The Morgan fingerprint density at radius 3 is 1.62 bits per heavy atom. The number of para-hydroxylation sites is 4. The molecule has 3 aromatic heterocycles. The van der Waals surface area contributed by atoms with Crippen LogP contribution in [0.2, 0.25) is 0 Å². The van der Waals surface area contributed by atoms with Gasteiger partial charge in [-0.15, -0.1) is 0 Å². The molecule has 0 bridgehead atoms. The van der Waals surface area contributed by atoms with Gasteiger partial charge >= 0.3 is 0 Å². The Hall–Kier alpha value is -5.28. The molecule has 3 nitrogen and oxygen atoms in total. The lowest BCUT2D eigenvalue weighted by Gasteiger charge is -2.10. The number of rotatable bonds is 2. The molecule has 0 fully saturated rings. The van der Waals surface area contributed by atoms with Crippen LogP contribution in [0.1, 0.15) is 0 Å². The molecule has 0 amide bonds. The van der Waals surface area contributed by atoms with E-state index in [0.29, 0.717) is 0 Å². The first-order valence-corrected chi connectivity index (χ1v) is 13.3. The molecule has 0 radical (unpaired) electrons. The largest absolute Gasteiger partial charge is 0.456 e. The van der Waals surface area contributed by atoms with Gasteiger partial charge in [-0.05, 0) is 54.6 Å². The molecule has 0 saturated carbocycles. The van der Waals surface area contributed by atoms with Crippen LogP contribution in [0.5, 0.6) is 0 Å². The molecule has 0 saturated heterocycles. The SMILES string of the molecule is c1ccc(-n2c3ccccc3c3cc4c5ccccc5n(-c5ccc6c(c5)oc5ccccc56)c4cc32)cc1. The van der Waals surface area contributed by atoms with Crippen LogP contribution >= 0.6 is 0 Å². The fourth-order valence-corrected chi connectivity index (χ4v) is 6.42. The molecule has 9 aromatic rings. The van der Waals surface area contributed by atoms with Crippen LogP contribution in [0, 0.1) is 0 Å². The van der Waals surface area contributed by atoms with Crippen molar-refractivity contribution in [2.75, 3.05) is 0 Å². The zero-order valence-electron chi connectivity index (χ0n) is 21.0. The number of fused-ring (bicyclic) bond motifs is 9. The zero-order chi connectivity index (χ0) is 25.5. The summed E-state index contributed by atoms with van der Waals surface area (Å²) in [6.45, 7) is 0. The average Bonchev–Trinajstić information content (AvgIpc) is 3.63. The van der Waals surface area contributed by atoms with E-state index >= 15 is 0 Å². The van der Waals surface area contributed by atoms with E-state index < -0.39 is 0 Å². The van der Waals surface area contributed by atoms with Crippen molar-refractivity contribution in [3.8, 4) is 11.4 Å². The first-order valence-electron chi connectivity index (χ1n) is 13.3. The van der Waals surface area contributed by atoms with E-state index in [4.69, 9.17) is 4.42 Å². The van der Waals surface area contributed by atoms with Crippen molar-refractivity contribution in [3.63, 3.8) is 0 Å². The second-order valence-corrected chi connectivity index (χ2v) is 10.2. The first kappa shape index (κ1) is 20.7. The molecule has 0 aliphatic carbocycles. The van der Waals surface area contributed by atoms with Crippen LogP contribution in [-0.2, 0) is 0 Å². The number of aromatic nitrogens is 2. The van der Waals surface area contributed by atoms with E-state index in [1.54, 1.807) is 0 Å². The Balaban J connectivity index is 1.42. The molecule has 0 N–H and O–H groups in total. The Bertz CT molecular complexity index is 2390. The molecule has 0 atom stereocenters. The maximum atomic E-state index is 6.28. The Morgan fingerprint density at radius 1 is 0.333 bits per heavy atom. The summed E-state index contributed by atoms with van der Waals surface area (Å²) in [5, 5.41) is 7.31. The van der Waals surface area contributed by atoms with Gasteiger partial charge in [-0.1, -0.05) is 72.8 Å².